The maximum Gasteiger partial charge on any atom is 0.351 e. The van der Waals surface area contributed by atoms with Crippen LogP contribution in [0.5, 0.6) is 5.75 Å². The summed E-state index contributed by atoms with van der Waals surface area (Å²) in [4.78, 5) is 11.4. The molecule has 2 N–H and O–H groups in total. The van der Waals surface area contributed by atoms with Crippen molar-refractivity contribution >= 4 is 29.0 Å². The number of nitrogens with two attached hydrogens (primary N) is 1. The van der Waals surface area contributed by atoms with Gasteiger partial charge in [0.2, 0.25) is 0 Å². The molecule has 1 aliphatic heterocycles. The van der Waals surface area contributed by atoms with Crippen molar-refractivity contribution in [1.29, 1.82) is 0 Å². The molecule has 5 heteroatoms. The van der Waals surface area contributed by atoms with E-state index < -0.39 is 5.97 Å². The van der Waals surface area contributed by atoms with E-state index in [0.29, 0.717) is 17.9 Å². The summed E-state index contributed by atoms with van der Waals surface area (Å²) in [6.07, 6.45) is 0.774. The van der Waals surface area contributed by atoms with Crippen molar-refractivity contribution in [2.45, 2.75) is 12.5 Å². The quantitative estimate of drug-likeness (QED) is 0.804. The molecular formula is C10H10INO3. The number of halogens is 1. The molecule has 15 heavy (non-hydrogen) atoms. The monoisotopic (exact) mass is 319 g/mol. The topological polar surface area (TPSA) is 61.5 Å². The largest absolute Gasteiger partial charge is 0.492 e. The van der Waals surface area contributed by atoms with Crippen molar-refractivity contribution < 1.29 is 12.6 Å². The highest BCUT2D eigenvalue weighted by atomic mass is 127. The highest BCUT2D eigenvalue weighted by Crippen LogP contribution is 2.34. The van der Waals surface area contributed by atoms with Gasteiger partial charge in [-0.2, -0.15) is 0 Å². The van der Waals surface area contributed by atoms with E-state index >= 15 is 0 Å². The van der Waals surface area contributed by atoms with E-state index in [-0.39, 0.29) is 6.04 Å². The molecule has 4 nitrogen and oxygen atoms in total. The van der Waals surface area contributed by atoms with E-state index in [4.69, 9.17) is 10.5 Å². The predicted octanol–water partition coefficient (Wildman–Crippen LogP) is 1.98. The minimum Gasteiger partial charge on any atom is -0.492 e. The Labute approximate surface area is 101 Å². The van der Waals surface area contributed by atoms with Crippen LogP contribution in [0.15, 0.2) is 18.2 Å². The lowest BCUT2D eigenvalue weighted by molar-refractivity contribution is 0.0794. The molecule has 0 spiro atoms. The molecule has 0 aromatic heterocycles. The van der Waals surface area contributed by atoms with Crippen LogP contribution in [-0.2, 0) is 3.07 Å². The van der Waals surface area contributed by atoms with Gasteiger partial charge in [0.05, 0.1) is 6.61 Å². The molecule has 0 aliphatic carbocycles. The number of fused-ring (bicyclic) bond motifs is 1. The molecule has 0 bridgehead atoms. The van der Waals surface area contributed by atoms with Gasteiger partial charge in [0.15, 0.2) is 23.0 Å². The van der Waals surface area contributed by atoms with E-state index in [1.54, 1.807) is 35.1 Å². The Balaban J connectivity index is 2.49. The van der Waals surface area contributed by atoms with E-state index in [1.165, 1.54) is 0 Å². The van der Waals surface area contributed by atoms with E-state index in [0.717, 1.165) is 12.0 Å². The average Bonchev–Trinajstić information content (AvgIpc) is 2.28. The van der Waals surface area contributed by atoms with Crippen LogP contribution in [0.1, 0.15) is 28.4 Å². The van der Waals surface area contributed by atoms with Crippen LogP contribution in [0.4, 0.5) is 0 Å². The third-order valence-corrected chi connectivity index (χ3v) is 2.81. The van der Waals surface area contributed by atoms with Crippen LogP contribution in [0.25, 0.3) is 0 Å². The number of carbonyl (C=O) groups excluding carboxylic acids is 1. The summed E-state index contributed by atoms with van der Waals surface area (Å²) in [7, 11) is 0. The molecule has 1 aromatic carbocycles. The first-order valence-electron chi connectivity index (χ1n) is 4.58. The fourth-order valence-corrected chi connectivity index (χ4v) is 1.89. The molecule has 0 amide bonds. The smallest absolute Gasteiger partial charge is 0.351 e. The molecule has 1 aromatic rings. The molecule has 1 unspecified atom stereocenters. The van der Waals surface area contributed by atoms with E-state index in [2.05, 4.69) is 3.07 Å². The number of rotatable bonds is 1. The first-order chi connectivity index (χ1) is 7.24. The zero-order valence-electron chi connectivity index (χ0n) is 7.90. The summed E-state index contributed by atoms with van der Waals surface area (Å²) in [5, 5.41) is 0. The lowest BCUT2D eigenvalue weighted by Crippen LogP contribution is -2.22. The van der Waals surface area contributed by atoms with Gasteiger partial charge < -0.3 is 13.5 Å². The van der Waals surface area contributed by atoms with Crippen molar-refractivity contribution in [2.24, 2.45) is 5.73 Å². The second-order valence-corrected chi connectivity index (χ2v) is 3.77. The second-order valence-electron chi connectivity index (χ2n) is 3.33. The summed E-state index contributed by atoms with van der Waals surface area (Å²) in [5.74, 6) is 0.166. The van der Waals surface area contributed by atoms with Crippen LogP contribution >= 0.6 is 23.0 Å². The number of para-hydroxylation sites is 1. The molecule has 2 rings (SSSR count). The van der Waals surface area contributed by atoms with Crippen molar-refractivity contribution in [1.82, 2.24) is 0 Å². The summed E-state index contributed by atoms with van der Waals surface area (Å²) in [5.41, 5.74) is 7.24. The fraction of sp³-hybridized carbons (Fsp3) is 0.300. The molecular weight excluding hydrogens is 309 g/mol. The Hall–Kier alpha value is -0.820. The molecule has 1 atom stereocenters. The molecule has 1 aliphatic rings. The Morgan fingerprint density at radius 1 is 1.60 bits per heavy atom. The Morgan fingerprint density at radius 3 is 3.13 bits per heavy atom. The maximum absolute atomic E-state index is 11.4. The number of ether oxygens (including phenoxy) is 1. The minimum absolute atomic E-state index is 0.0595. The molecule has 1 heterocycles. The first kappa shape index (κ1) is 10.7. The summed E-state index contributed by atoms with van der Waals surface area (Å²) in [6, 6.07) is 5.28. The number of hydrogen-bond donors (Lipinski definition) is 1. The number of hydrogen-bond acceptors (Lipinski definition) is 4. The standard InChI is InChI=1S/C10H10INO3/c11-15-10(13)7-3-1-2-6-8(12)4-5-14-9(6)7/h1-3,8H,4-5,12H2. The predicted molar refractivity (Wildman–Crippen MR) is 62.9 cm³/mol. The zero-order valence-corrected chi connectivity index (χ0v) is 10.1. The fourth-order valence-electron chi connectivity index (χ4n) is 1.65. The summed E-state index contributed by atoms with van der Waals surface area (Å²) >= 11 is 1.56. The summed E-state index contributed by atoms with van der Waals surface area (Å²) in [6.45, 7) is 0.541. The molecule has 0 radical (unpaired) electrons. The van der Waals surface area contributed by atoms with E-state index in [9.17, 15) is 4.79 Å². The third-order valence-electron chi connectivity index (χ3n) is 2.41. The Morgan fingerprint density at radius 2 is 2.40 bits per heavy atom. The van der Waals surface area contributed by atoms with E-state index in [1.807, 2.05) is 6.07 Å². The second kappa shape index (κ2) is 4.36. The lowest BCUT2D eigenvalue weighted by atomic mass is 9.98. The van der Waals surface area contributed by atoms with Crippen molar-refractivity contribution in [3.05, 3.63) is 29.3 Å². The number of carbonyl (C=O) groups is 1. The van der Waals surface area contributed by atoms with Gasteiger partial charge in [0, 0.05) is 18.0 Å². The van der Waals surface area contributed by atoms with Gasteiger partial charge in [-0.25, -0.2) is 4.79 Å². The SMILES string of the molecule is NC1CCOc2c(C(=O)OI)cccc21. The van der Waals surface area contributed by atoms with Gasteiger partial charge in [0.25, 0.3) is 0 Å². The van der Waals surface area contributed by atoms with Crippen LogP contribution in [-0.4, -0.2) is 12.6 Å². The highest BCUT2D eigenvalue weighted by molar-refractivity contribution is 14.1. The van der Waals surface area contributed by atoms with Crippen LogP contribution in [0.3, 0.4) is 0 Å². The molecule has 0 fully saturated rings. The maximum atomic E-state index is 11.4. The van der Waals surface area contributed by atoms with Gasteiger partial charge in [-0.3, -0.25) is 0 Å². The van der Waals surface area contributed by atoms with Crippen molar-refractivity contribution in [2.75, 3.05) is 6.61 Å². The van der Waals surface area contributed by atoms with Gasteiger partial charge in [-0.1, -0.05) is 12.1 Å². The molecule has 80 valence electrons. The minimum atomic E-state index is -0.401. The molecule has 0 saturated heterocycles. The van der Waals surface area contributed by atoms with Crippen LogP contribution < -0.4 is 10.5 Å². The average molecular weight is 319 g/mol. The molecule has 0 saturated carbocycles. The normalized spacial score (nSPS) is 18.9. The lowest BCUT2D eigenvalue weighted by Gasteiger charge is -2.24. The number of benzene rings is 1. The van der Waals surface area contributed by atoms with Crippen LogP contribution in [0, 0.1) is 0 Å². The van der Waals surface area contributed by atoms with Crippen molar-refractivity contribution in [3.8, 4) is 5.75 Å². The first-order valence-corrected chi connectivity index (χ1v) is 5.46. The van der Waals surface area contributed by atoms with Gasteiger partial charge in [-0.15, -0.1) is 0 Å². The highest BCUT2D eigenvalue weighted by Gasteiger charge is 2.24. The Bertz CT molecular complexity index is 394. The Kier molecular flexibility index (Phi) is 3.11. The van der Waals surface area contributed by atoms with Gasteiger partial charge >= 0.3 is 5.97 Å². The van der Waals surface area contributed by atoms with Crippen molar-refractivity contribution in [3.63, 3.8) is 0 Å². The van der Waals surface area contributed by atoms with Gasteiger partial charge in [0.1, 0.15) is 11.3 Å². The van der Waals surface area contributed by atoms with Crippen LogP contribution in [0.2, 0.25) is 0 Å². The summed E-state index contributed by atoms with van der Waals surface area (Å²) < 4.78 is 10.1. The van der Waals surface area contributed by atoms with Gasteiger partial charge in [-0.05, 0) is 6.07 Å². The third kappa shape index (κ3) is 1.93. The zero-order chi connectivity index (χ0) is 10.8.